The second-order valence-corrected chi connectivity index (χ2v) is 10.2. The first kappa shape index (κ1) is 24.5. The highest BCUT2D eigenvalue weighted by atomic mass is 16.6. The number of benzene rings is 3. The highest BCUT2D eigenvalue weighted by Gasteiger charge is 2.27. The molecule has 35 heavy (non-hydrogen) atoms. The van der Waals surface area contributed by atoms with E-state index < -0.39 is 5.60 Å². The maximum Gasteiger partial charge on any atom is 0.410 e. The third kappa shape index (κ3) is 6.95. The van der Waals surface area contributed by atoms with E-state index in [0.29, 0.717) is 18.0 Å². The summed E-state index contributed by atoms with van der Waals surface area (Å²) in [4.78, 5) is 27.0. The fourth-order valence-corrected chi connectivity index (χ4v) is 4.43. The lowest BCUT2D eigenvalue weighted by Crippen LogP contribution is -2.43. The van der Waals surface area contributed by atoms with Gasteiger partial charge in [0.25, 0.3) is 5.91 Å². The van der Waals surface area contributed by atoms with Crippen LogP contribution in [0.4, 0.5) is 10.5 Å². The minimum atomic E-state index is -0.478. The second kappa shape index (κ2) is 10.8. The molecule has 1 N–H and O–H groups in total. The molecule has 5 nitrogen and oxygen atoms in total. The van der Waals surface area contributed by atoms with Crippen molar-refractivity contribution >= 4 is 17.7 Å². The molecule has 1 atom stereocenters. The van der Waals surface area contributed by atoms with Gasteiger partial charge in [-0.2, -0.15) is 0 Å². The Bertz CT molecular complexity index is 1130. The van der Waals surface area contributed by atoms with E-state index in [1.54, 1.807) is 0 Å². The van der Waals surface area contributed by atoms with Crippen LogP contribution in [0.25, 0.3) is 11.1 Å². The van der Waals surface area contributed by atoms with Crippen molar-refractivity contribution in [3.63, 3.8) is 0 Å². The number of anilines is 1. The van der Waals surface area contributed by atoms with E-state index in [-0.39, 0.29) is 12.0 Å². The molecule has 4 rings (SSSR count). The molecular weight excluding hydrogens is 436 g/mol. The summed E-state index contributed by atoms with van der Waals surface area (Å²) in [6, 6.07) is 25.8. The van der Waals surface area contributed by atoms with Gasteiger partial charge in [0.2, 0.25) is 0 Å². The number of nitrogens with zero attached hydrogens (tertiary/aromatic N) is 1. The van der Waals surface area contributed by atoms with Gasteiger partial charge in [-0.15, -0.1) is 0 Å². The molecule has 1 unspecified atom stereocenters. The van der Waals surface area contributed by atoms with Gasteiger partial charge in [-0.05, 0) is 86.9 Å². The van der Waals surface area contributed by atoms with Gasteiger partial charge in [0.05, 0.1) is 0 Å². The van der Waals surface area contributed by atoms with E-state index >= 15 is 0 Å². The molecule has 3 aromatic rings. The summed E-state index contributed by atoms with van der Waals surface area (Å²) in [5.74, 6) is 0.275. The number of hydrogen-bond acceptors (Lipinski definition) is 3. The van der Waals surface area contributed by atoms with Crippen LogP contribution in [-0.4, -0.2) is 35.6 Å². The molecule has 1 fully saturated rings. The van der Waals surface area contributed by atoms with Crippen LogP contribution in [0.1, 0.15) is 49.5 Å². The molecule has 2 amide bonds. The zero-order chi connectivity index (χ0) is 24.8. The monoisotopic (exact) mass is 470 g/mol. The Kier molecular flexibility index (Phi) is 7.54. The fourth-order valence-electron chi connectivity index (χ4n) is 4.43. The molecule has 1 heterocycles. The third-order valence-electron chi connectivity index (χ3n) is 6.16. The van der Waals surface area contributed by atoms with Crippen LogP contribution in [0.3, 0.4) is 0 Å². The highest BCUT2D eigenvalue weighted by Crippen LogP contribution is 2.24. The molecule has 1 aliphatic heterocycles. The minimum Gasteiger partial charge on any atom is -0.444 e. The van der Waals surface area contributed by atoms with E-state index in [4.69, 9.17) is 4.74 Å². The lowest BCUT2D eigenvalue weighted by atomic mass is 9.91. The quantitative estimate of drug-likeness (QED) is 0.446. The molecule has 1 aliphatic rings. The van der Waals surface area contributed by atoms with Crippen LogP contribution >= 0.6 is 0 Å². The Hall–Kier alpha value is -3.60. The molecule has 5 heteroatoms. The SMILES string of the molecule is CC(C)(C)OC(=O)N1CCCC(Cc2ccc(NC(=O)c3ccc(-c4ccccc4)cc3)cc2)C1. The van der Waals surface area contributed by atoms with Crippen molar-refractivity contribution in [1.82, 2.24) is 4.90 Å². The molecule has 0 aromatic heterocycles. The average molecular weight is 471 g/mol. The van der Waals surface area contributed by atoms with Crippen molar-refractivity contribution in [1.29, 1.82) is 0 Å². The molecular formula is C30H34N2O3. The highest BCUT2D eigenvalue weighted by molar-refractivity contribution is 6.04. The summed E-state index contributed by atoms with van der Waals surface area (Å²) in [5, 5.41) is 2.98. The predicted molar refractivity (Wildman–Crippen MR) is 141 cm³/mol. The summed E-state index contributed by atoms with van der Waals surface area (Å²) in [6.45, 7) is 7.15. The Morgan fingerprint density at radius 2 is 1.57 bits per heavy atom. The van der Waals surface area contributed by atoms with Gasteiger partial charge in [0.15, 0.2) is 0 Å². The van der Waals surface area contributed by atoms with Crippen LogP contribution in [0.15, 0.2) is 78.9 Å². The number of amides is 2. The first-order valence-electron chi connectivity index (χ1n) is 12.3. The number of piperidine rings is 1. The van der Waals surface area contributed by atoms with Crippen LogP contribution in [0, 0.1) is 5.92 Å². The van der Waals surface area contributed by atoms with Crippen molar-refractivity contribution < 1.29 is 14.3 Å². The second-order valence-electron chi connectivity index (χ2n) is 10.2. The zero-order valence-corrected chi connectivity index (χ0v) is 20.8. The fraction of sp³-hybridized carbons (Fsp3) is 0.333. The third-order valence-corrected chi connectivity index (χ3v) is 6.16. The summed E-state index contributed by atoms with van der Waals surface area (Å²) in [5.41, 5.74) is 4.32. The van der Waals surface area contributed by atoms with Crippen LogP contribution in [0.2, 0.25) is 0 Å². The number of nitrogens with one attached hydrogen (secondary N) is 1. The van der Waals surface area contributed by atoms with E-state index in [1.807, 2.05) is 80.3 Å². The van der Waals surface area contributed by atoms with E-state index in [0.717, 1.165) is 42.6 Å². The average Bonchev–Trinajstić information content (AvgIpc) is 2.85. The first-order chi connectivity index (χ1) is 16.8. The number of carbonyl (C=O) groups is 2. The summed E-state index contributed by atoms with van der Waals surface area (Å²) < 4.78 is 5.54. The van der Waals surface area contributed by atoms with Crippen LogP contribution in [-0.2, 0) is 11.2 Å². The molecule has 1 saturated heterocycles. The number of carbonyl (C=O) groups excluding carboxylic acids is 2. The van der Waals surface area contributed by atoms with Gasteiger partial charge in [-0.3, -0.25) is 4.79 Å². The van der Waals surface area contributed by atoms with Crippen molar-refractivity contribution in [3.05, 3.63) is 90.0 Å². The minimum absolute atomic E-state index is 0.127. The van der Waals surface area contributed by atoms with Crippen molar-refractivity contribution in [2.24, 2.45) is 5.92 Å². The van der Waals surface area contributed by atoms with Crippen molar-refractivity contribution in [2.75, 3.05) is 18.4 Å². The van der Waals surface area contributed by atoms with Gasteiger partial charge >= 0.3 is 6.09 Å². The first-order valence-corrected chi connectivity index (χ1v) is 12.3. The van der Waals surface area contributed by atoms with E-state index in [9.17, 15) is 9.59 Å². The Morgan fingerprint density at radius 1 is 0.914 bits per heavy atom. The molecule has 0 radical (unpaired) electrons. The number of rotatable bonds is 5. The Morgan fingerprint density at radius 3 is 2.23 bits per heavy atom. The van der Waals surface area contributed by atoms with Crippen LogP contribution < -0.4 is 5.32 Å². The Balaban J connectivity index is 1.31. The topological polar surface area (TPSA) is 58.6 Å². The summed E-state index contributed by atoms with van der Waals surface area (Å²) >= 11 is 0. The predicted octanol–water partition coefficient (Wildman–Crippen LogP) is 6.80. The van der Waals surface area contributed by atoms with Gasteiger partial charge in [-0.25, -0.2) is 4.79 Å². The van der Waals surface area contributed by atoms with E-state index in [1.165, 1.54) is 5.56 Å². The number of hydrogen-bond donors (Lipinski definition) is 1. The van der Waals surface area contributed by atoms with Gasteiger partial charge in [-0.1, -0.05) is 54.6 Å². The molecule has 0 saturated carbocycles. The summed E-state index contributed by atoms with van der Waals surface area (Å²) in [7, 11) is 0. The van der Waals surface area contributed by atoms with Gasteiger partial charge in [0, 0.05) is 24.3 Å². The molecule has 182 valence electrons. The van der Waals surface area contributed by atoms with Gasteiger partial charge < -0.3 is 15.0 Å². The van der Waals surface area contributed by atoms with Crippen molar-refractivity contribution in [2.45, 2.75) is 45.6 Å². The van der Waals surface area contributed by atoms with E-state index in [2.05, 4.69) is 29.6 Å². The molecule has 0 aliphatic carbocycles. The maximum atomic E-state index is 12.7. The van der Waals surface area contributed by atoms with Crippen LogP contribution in [0.5, 0.6) is 0 Å². The summed E-state index contributed by atoms with van der Waals surface area (Å²) in [6.07, 6.45) is 2.75. The molecule has 0 spiro atoms. The molecule has 3 aromatic carbocycles. The molecule has 0 bridgehead atoms. The number of ether oxygens (including phenoxy) is 1. The maximum absolute atomic E-state index is 12.7. The van der Waals surface area contributed by atoms with Crippen molar-refractivity contribution in [3.8, 4) is 11.1 Å². The Labute approximate surface area is 208 Å². The van der Waals surface area contributed by atoms with Gasteiger partial charge in [0.1, 0.15) is 5.60 Å². The lowest BCUT2D eigenvalue weighted by molar-refractivity contribution is 0.0166. The smallest absolute Gasteiger partial charge is 0.410 e. The normalized spacial score (nSPS) is 16.0. The zero-order valence-electron chi connectivity index (χ0n) is 20.8. The largest absolute Gasteiger partial charge is 0.444 e. The lowest BCUT2D eigenvalue weighted by Gasteiger charge is -2.34. The number of likely N-dealkylation sites (tertiary alicyclic amines) is 1. The standard InChI is InChI=1S/C30H34N2O3/c1-30(2,3)35-29(34)32-19-7-8-23(21-32)20-22-11-17-27(18-12-22)31-28(33)26-15-13-25(14-16-26)24-9-5-4-6-10-24/h4-6,9-18,23H,7-8,19-21H2,1-3H3,(H,31,33).